The SMILES string of the molecule is CCCCCCCCCCCCCCCCCCCCCCC(=O)O[C@H](COC(=O)CCCCCCCCCCCCCCCCCCC)COP(=O)(O)OC[C@@H](O)COP(=O)(O)OC[C@@H](COC(=O)CCCCCCCCCC(C)C)OC(=O)CCCCCCCCCCCCCCC. The van der Waals surface area contributed by atoms with Gasteiger partial charge < -0.3 is 33.8 Å². The molecule has 0 radical (unpaired) electrons. The van der Waals surface area contributed by atoms with E-state index < -0.39 is 97.5 Å². The maximum absolute atomic E-state index is 13.1. The van der Waals surface area contributed by atoms with E-state index in [0.717, 1.165) is 96.3 Å². The zero-order valence-corrected chi connectivity index (χ0v) is 67.1. The van der Waals surface area contributed by atoms with E-state index in [1.165, 1.54) is 250 Å². The van der Waals surface area contributed by atoms with E-state index in [1.54, 1.807) is 0 Å². The monoisotopic (exact) mass is 1470 g/mol. The van der Waals surface area contributed by atoms with Gasteiger partial charge in [0.2, 0.25) is 0 Å². The second-order valence-corrected chi connectivity index (χ2v) is 32.5. The van der Waals surface area contributed by atoms with Gasteiger partial charge in [0, 0.05) is 25.7 Å². The molecule has 0 aliphatic carbocycles. The third-order valence-electron chi connectivity index (χ3n) is 19.0. The Balaban J connectivity index is 5.22. The molecule has 594 valence electrons. The van der Waals surface area contributed by atoms with E-state index in [0.29, 0.717) is 31.6 Å². The number of phosphoric acid groups is 2. The van der Waals surface area contributed by atoms with E-state index in [4.69, 9.17) is 37.0 Å². The van der Waals surface area contributed by atoms with Gasteiger partial charge in [-0.3, -0.25) is 37.3 Å². The Morgan fingerprint density at radius 1 is 0.270 bits per heavy atom. The van der Waals surface area contributed by atoms with Gasteiger partial charge in [0.1, 0.15) is 19.3 Å². The first kappa shape index (κ1) is 98.1. The van der Waals surface area contributed by atoms with Crippen molar-refractivity contribution in [3.63, 3.8) is 0 Å². The van der Waals surface area contributed by atoms with E-state index >= 15 is 0 Å². The Morgan fingerprint density at radius 3 is 0.680 bits per heavy atom. The Hall–Kier alpha value is -1.94. The lowest BCUT2D eigenvalue weighted by Crippen LogP contribution is -2.30. The summed E-state index contributed by atoms with van der Waals surface area (Å²) < 4.78 is 68.7. The molecule has 0 aromatic carbocycles. The van der Waals surface area contributed by atoms with Crippen molar-refractivity contribution in [2.75, 3.05) is 39.6 Å². The predicted octanol–water partition coefficient (Wildman–Crippen LogP) is 24.4. The predicted molar refractivity (Wildman–Crippen MR) is 409 cm³/mol. The largest absolute Gasteiger partial charge is 0.472 e. The zero-order valence-electron chi connectivity index (χ0n) is 65.3. The van der Waals surface area contributed by atoms with E-state index in [-0.39, 0.29) is 25.7 Å². The van der Waals surface area contributed by atoms with Crippen molar-refractivity contribution in [1.29, 1.82) is 0 Å². The van der Waals surface area contributed by atoms with Crippen LogP contribution in [0.15, 0.2) is 0 Å². The number of aliphatic hydroxyl groups is 1. The summed E-state index contributed by atoms with van der Waals surface area (Å²) in [6, 6.07) is 0. The smallest absolute Gasteiger partial charge is 0.462 e. The molecule has 0 aromatic rings. The van der Waals surface area contributed by atoms with E-state index in [2.05, 4.69) is 34.6 Å². The molecule has 0 aliphatic rings. The fraction of sp³-hybridized carbons (Fsp3) is 0.951. The Kier molecular flexibility index (Phi) is 72.5. The number of carbonyl (C=O) groups excluding carboxylic acids is 4. The average Bonchev–Trinajstić information content (AvgIpc) is 0.911. The number of carbonyl (C=O) groups is 4. The number of unbranched alkanes of at least 4 members (excludes halogenated alkanes) is 53. The molecule has 0 saturated heterocycles. The molecule has 17 nitrogen and oxygen atoms in total. The minimum Gasteiger partial charge on any atom is -0.462 e. The first-order chi connectivity index (χ1) is 48.5. The molecule has 19 heteroatoms. The van der Waals surface area contributed by atoms with Crippen LogP contribution in [0.3, 0.4) is 0 Å². The van der Waals surface area contributed by atoms with Crippen molar-refractivity contribution in [2.24, 2.45) is 5.92 Å². The fourth-order valence-electron chi connectivity index (χ4n) is 12.6. The van der Waals surface area contributed by atoms with Gasteiger partial charge in [-0.2, -0.15) is 0 Å². The number of hydrogen-bond donors (Lipinski definition) is 3. The van der Waals surface area contributed by atoms with Crippen LogP contribution in [0.2, 0.25) is 0 Å². The quantitative estimate of drug-likeness (QED) is 0.0222. The molecule has 3 N–H and O–H groups in total. The van der Waals surface area contributed by atoms with Crippen LogP contribution in [0.4, 0.5) is 0 Å². The van der Waals surface area contributed by atoms with Gasteiger partial charge in [-0.1, -0.05) is 381 Å². The number of phosphoric ester groups is 2. The Morgan fingerprint density at radius 2 is 0.460 bits per heavy atom. The lowest BCUT2D eigenvalue weighted by Gasteiger charge is -2.21. The van der Waals surface area contributed by atoms with Crippen LogP contribution in [0, 0.1) is 5.92 Å². The molecule has 100 heavy (non-hydrogen) atoms. The topological polar surface area (TPSA) is 237 Å². The molecule has 0 fully saturated rings. The highest BCUT2D eigenvalue weighted by Crippen LogP contribution is 2.45. The molecule has 0 rings (SSSR count). The van der Waals surface area contributed by atoms with Crippen LogP contribution in [-0.2, 0) is 65.4 Å². The maximum atomic E-state index is 13.1. The second kappa shape index (κ2) is 73.9. The maximum Gasteiger partial charge on any atom is 0.472 e. The summed E-state index contributed by atoms with van der Waals surface area (Å²) >= 11 is 0. The van der Waals surface area contributed by atoms with Gasteiger partial charge >= 0.3 is 39.5 Å². The summed E-state index contributed by atoms with van der Waals surface area (Å²) in [6.45, 7) is 7.28. The molecular weight excluding hydrogens is 1310 g/mol. The molecule has 0 bridgehead atoms. The first-order valence-corrected chi connectivity index (χ1v) is 45.1. The summed E-state index contributed by atoms with van der Waals surface area (Å²) in [4.78, 5) is 73.0. The van der Waals surface area contributed by atoms with Gasteiger partial charge in [0.15, 0.2) is 12.2 Å². The first-order valence-electron chi connectivity index (χ1n) is 42.1. The van der Waals surface area contributed by atoms with Crippen molar-refractivity contribution in [3.8, 4) is 0 Å². The van der Waals surface area contributed by atoms with Gasteiger partial charge in [0.25, 0.3) is 0 Å². The number of hydrogen-bond acceptors (Lipinski definition) is 15. The number of esters is 4. The van der Waals surface area contributed by atoms with Crippen molar-refractivity contribution < 1.29 is 80.2 Å². The molecule has 0 spiro atoms. The third-order valence-corrected chi connectivity index (χ3v) is 20.9. The van der Waals surface area contributed by atoms with Crippen LogP contribution in [0.25, 0.3) is 0 Å². The molecule has 0 heterocycles. The Labute approximate surface area is 613 Å². The number of aliphatic hydroxyl groups excluding tert-OH is 1. The lowest BCUT2D eigenvalue weighted by atomic mass is 10.0. The summed E-state index contributed by atoms with van der Waals surface area (Å²) in [6.07, 6.45) is 65.3. The van der Waals surface area contributed by atoms with Crippen LogP contribution >= 0.6 is 15.6 Å². The van der Waals surface area contributed by atoms with Gasteiger partial charge in [-0.25, -0.2) is 9.13 Å². The minimum absolute atomic E-state index is 0.107. The summed E-state index contributed by atoms with van der Waals surface area (Å²) in [7, 11) is -9.92. The van der Waals surface area contributed by atoms with Crippen molar-refractivity contribution in [3.05, 3.63) is 0 Å². The molecule has 2 unspecified atom stereocenters. The fourth-order valence-corrected chi connectivity index (χ4v) is 14.2. The molecular formula is C81H158O17P2. The van der Waals surface area contributed by atoms with Crippen LogP contribution in [-0.4, -0.2) is 96.7 Å². The van der Waals surface area contributed by atoms with Crippen LogP contribution < -0.4 is 0 Å². The van der Waals surface area contributed by atoms with Gasteiger partial charge in [-0.05, 0) is 31.6 Å². The molecule has 0 aromatic heterocycles. The second-order valence-electron chi connectivity index (χ2n) is 29.6. The summed E-state index contributed by atoms with van der Waals surface area (Å²) in [5.74, 6) is -1.40. The van der Waals surface area contributed by atoms with E-state index in [1.807, 2.05) is 0 Å². The average molecular weight is 1470 g/mol. The number of ether oxygens (including phenoxy) is 4. The van der Waals surface area contributed by atoms with Gasteiger partial charge in [-0.15, -0.1) is 0 Å². The highest BCUT2D eigenvalue weighted by Gasteiger charge is 2.30. The standard InChI is InChI=1S/C81H158O17P2/c1-6-9-12-15-18-21-24-27-29-31-32-33-35-37-40-43-46-51-57-62-67-81(86)97-76(70-91-78(83)64-59-54-49-44-41-39-36-34-30-28-25-22-19-16-13-10-7-2)72-95-99(87,88)93-68-75(82)69-94-100(89,90)96-73-77(71-92-79(84)65-60-55-52-47-48-53-58-63-74(4)5)98-80(85)66-61-56-50-45-42-38-26-23-20-17-14-11-8-3/h74-77,82H,6-73H2,1-5H3,(H,87,88)(H,89,90)/t75-,76-,77-/m1/s1. The highest BCUT2D eigenvalue weighted by atomic mass is 31.2. The zero-order chi connectivity index (χ0) is 73.4. The highest BCUT2D eigenvalue weighted by molar-refractivity contribution is 7.47. The Bertz CT molecular complexity index is 1910. The number of rotatable bonds is 81. The lowest BCUT2D eigenvalue weighted by molar-refractivity contribution is -0.161. The van der Waals surface area contributed by atoms with Crippen molar-refractivity contribution >= 4 is 39.5 Å². The van der Waals surface area contributed by atoms with Gasteiger partial charge in [0.05, 0.1) is 26.4 Å². The molecule has 0 amide bonds. The molecule has 5 atom stereocenters. The summed E-state index contributed by atoms with van der Waals surface area (Å²) in [5.41, 5.74) is 0. The van der Waals surface area contributed by atoms with E-state index in [9.17, 15) is 43.2 Å². The van der Waals surface area contributed by atoms with Crippen molar-refractivity contribution in [1.82, 2.24) is 0 Å². The normalized spacial score (nSPS) is 13.8. The minimum atomic E-state index is -4.96. The molecule has 0 saturated carbocycles. The van der Waals surface area contributed by atoms with Crippen LogP contribution in [0.5, 0.6) is 0 Å². The van der Waals surface area contributed by atoms with Crippen molar-refractivity contribution in [2.45, 2.75) is 451 Å². The van der Waals surface area contributed by atoms with Crippen LogP contribution in [0.1, 0.15) is 433 Å². The summed E-state index contributed by atoms with van der Waals surface area (Å²) in [5, 5.41) is 10.6. The third kappa shape index (κ3) is 74.3. The molecule has 0 aliphatic heterocycles.